The molecule has 310 valence electrons. The number of fused-ring (bicyclic) bond motifs is 3. The van der Waals surface area contributed by atoms with Crippen LogP contribution in [0.5, 0.6) is 11.8 Å². The van der Waals surface area contributed by atoms with Gasteiger partial charge in [-0.1, -0.05) is 12.1 Å². The van der Waals surface area contributed by atoms with Crippen molar-refractivity contribution in [2.24, 2.45) is 11.3 Å². The first-order chi connectivity index (χ1) is 27.8. The zero-order valence-electron chi connectivity index (χ0n) is 30.7. The van der Waals surface area contributed by atoms with Crippen molar-refractivity contribution < 1.29 is 49.4 Å². The van der Waals surface area contributed by atoms with Gasteiger partial charge in [0.05, 0.1) is 32.6 Å². The number of thiophene rings is 1. The molecular formula is C39H33F9N8O2S. The molecule has 4 aliphatic rings. The highest BCUT2D eigenvalue weighted by Gasteiger charge is 2.77. The Bertz CT molecular complexity index is 2610. The van der Waals surface area contributed by atoms with Crippen LogP contribution in [0.15, 0.2) is 30.5 Å². The first kappa shape index (κ1) is 39.2. The van der Waals surface area contributed by atoms with E-state index in [2.05, 4.69) is 20.3 Å². The Morgan fingerprint density at radius 2 is 1.83 bits per heavy atom. The SMILES string of the molecule is N#Cc1c(N)sc2c(F)ccc(-c3c(C(F)(F)F)c(O)c4c(N[C@H](CC5CC(F)(F)C5)c5cccnc5N)nc(OC[C@@]56CCCN5C[C@@]5(CC5(F)F)C6)nc4c3F)c12. The van der Waals surface area contributed by atoms with Crippen LogP contribution in [-0.2, 0) is 6.18 Å². The molecule has 0 bridgehead atoms. The van der Waals surface area contributed by atoms with Gasteiger partial charge >= 0.3 is 12.2 Å². The van der Waals surface area contributed by atoms with Gasteiger partial charge in [0.2, 0.25) is 5.92 Å². The van der Waals surface area contributed by atoms with Crippen molar-refractivity contribution in [3.05, 3.63) is 58.8 Å². The Morgan fingerprint density at radius 1 is 1.08 bits per heavy atom. The maximum atomic E-state index is 17.4. The van der Waals surface area contributed by atoms with Crippen LogP contribution in [0.4, 0.5) is 56.2 Å². The van der Waals surface area contributed by atoms with Crippen molar-refractivity contribution in [3.63, 3.8) is 0 Å². The summed E-state index contributed by atoms with van der Waals surface area (Å²) < 4.78 is 141. The number of ether oxygens (including phenoxy) is 1. The molecule has 0 unspecified atom stereocenters. The summed E-state index contributed by atoms with van der Waals surface area (Å²) >= 11 is 0.563. The highest BCUT2D eigenvalue weighted by atomic mass is 32.1. The van der Waals surface area contributed by atoms with E-state index in [1.807, 2.05) is 4.90 Å². The third-order valence-electron chi connectivity index (χ3n) is 12.4. The van der Waals surface area contributed by atoms with Crippen molar-refractivity contribution in [3.8, 4) is 29.0 Å². The fraction of sp³-hybridized carbons (Fsp3) is 0.436. The number of aromatic hydroxyl groups is 1. The summed E-state index contributed by atoms with van der Waals surface area (Å²) in [4.78, 5) is 14.5. The Balaban J connectivity index is 1.24. The average Bonchev–Trinajstić information content (AvgIpc) is 3.47. The van der Waals surface area contributed by atoms with Crippen molar-refractivity contribution in [2.45, 2.75) is 74.5 Å². The van der Waals surface area contributed by atoms with Crippen LogP contribution in [0.1, 0.15) is 67.7 Å². The van der Waals surface area contributed by atoms with E-state index in [0.717, 1.165) is 12.1 Å². The number of nitrogen functional groups attached to an aromatic ring is 2. The third-order valence-corrected chi connectivity index (χ3v) is 13.4. The van der Waals surface area contributed by atoms with E-state index in [1.54, 1.807) is 6.07 Å². The standard InChI is InChI=1S/C39H33F9N8O2S/c40-21-5-4-19(23-20(12-49)32(51)59-30(21)23)24-26(39(46,47)48)29(57)25-28(27(24)41)54-34(58-16-36-6-2-8-56(36)15-35(13-36)14-38(35,44)45)55-33(25)53-22(9-17-10-37(42,43)11-17)18-3-1-7-52-31(18)50/h1,3-5,7,17,22,57H,2,6,8-11,13-16,51H2,(H2,50,52)(H,53,54,55)/t22-,35+,36+/m1/s1. The number of hydrogen-bond acceptors (Lipinski definition) is 11. The van der Waals surface area contributed by atoms with E-state index in [0.29, 0.717) is 30.7 Å². The monoisotopic (exact) mass is 848 g/mol. The zero-order valence-corrected chi connectivity index (χ0v) is 31.5. The van der Waals surface area contributed by atoms with Crippen LogP contribution in [0.25, 0.3) is 32.1 Å². The van der Waals surface area contributed by atoms with Crippen LogP contribution in [-0.4, -0.2) is 62.0 Å². The highest BCUT2D eigenvalue weighted by molar-refractivity contribution is 7.23. The number of halogens is 9. The molecule has 2 aliphatic heterocycles. The number of nitrogens with zero attached hydrogens (tertiary/aromatic N) is 5. The molecule has 2 aromatic carbocycles. The fourth-order valence-corrected chi connectivity index (χ4v) is 10.5. The Labute approximate surface area is 333 Å². The van der Waals surface area contributed by atoms with Gasteiger partial charge in [-0.05, 0) is 55.8 Å². The lowest BCUT2D eigenvalue weighted by atomic mass is 9.76. The number of aromatic nitrogens is 3. The summed E-state index contributed by atoms with van der Waals surface area (Å²) in [6.07, 6.45) is -4.30. The van der Waals surface area contributed by atoms with E-state index in [1.165, 1.54) is 18.3 Å². The molecule has 2 saturated carbocycles. The topological polar surface area (TPSA) is 159 Å². The zero-order chi connectivity index (χ0) is 42.0. The maximum absolute atomic E-state index is 17.4. The molecule has 2 saturated heterocycles. The second-order valence-electron chi connectivity index (χ2n) is 16.2. The number of phenolic OH excluding ortho intramolecular Hbond substituents is 1. The minimum absolute atomic E-state index is 0.0595. The highest BCUT2D eigenvalue weighted by Crippen LogP contribution is 2.69. The second-order valence-corrected chi connectivity index (χ2v) is 17.2. The molecule has 20 heteroatoms. The molecular weight excluding hydrogens is 816 g/mol. The molecule has 5 aromatic rings. The van der Waals surface area contributed by atoms with Crippen molar-refractivity contribution in [1.82, 2.24) is 19.9 Å². The fourth-order valence-electron chi connectivity index (χ4n) is 9.59. The van der Waals surface area contributed by atoms with Crippen molar-refractivity contribution in [2.75, 3.05) is 36.5 Å². The number of anilines is 3. The molecule has 4 fully saturated rings. The van der Waals surface area contributed by atoms with Crippen LogP contribution in [0.3, 0.4) is 0 Å². The third kappa shape index (κ3) is 6.21. The largest absolute Gasteiger partial charge is 0.506 e. The molecule has 0 amide bonds. The maximum Gasteiger partial charge on any atom is 0.420 e. The Morgan fingerprint density at radius 3 is 2.49 bits per heavy atom. The first-order valence-corrected chi connectivity index (χ1v) is 19.4. The lowest BCUT2D eigenvalue weighted by Gasteiger charge is -2.37. The summed E-state index contributed by atoms with van der Waals surface area (Å²) in [5.41, 5.74) is 5.10. The summed E-state index contributed by atoms with van der Waals surface area (Å²) in [6.45, 7) is 0.376. The summed E-state index contributed by atoms with van der Waals surface area (Å²) in [5.74, 6) is -11.3. The predicted octanol–water partition coefficient (Wildman–Crippen LogP) is 9.18. The van der Waals surface area contributed by atoms with Crippen molar-refractivity contribution in [1.29, 1.82) is 5.26 Å². The first-order valence-electron chi connectivity index (χ1n) is 18.6. The van der Waals surface area contributed by atoms with E-state index in [-0.39, 0.29) is 53.5 Å². The van der Waals surface area contributed by atoms with Gasteiger partial charge < -0.3 is 26.6 Å². The average molecular weight is 849 g/mol. The minimum atomic E-state index is -5.50. The predicted molar refractivity (Wildman–Crippen MR) is 199 cm³/mol. The van der Waals surface area contributed by atoms with Gasteiger partial charge in [-0.15, -0.1) is 11.3 Å². The Hall–Kier alpha value is -5.29. The lowest BCUT2D eigenvalue weighted by molar-refractivity contribution is -0.138. The van der Waals surface area contributed by atoms with Gasteiger partial charge in [-0.25, -0.2) is 31.3 Å². The molecule has 59 heavy (non-hydrogen) atoms. The van der Waals surface area contributed by atoms with E-state index < -0.39 is 122 Å². The van der Waals surface area contributed by atoms with E-state index in [9.17, 15) is 27.9 Å². The number of rotatable bonds is 9. The van der Waals surface area contributed by atoms with Crippen LogP contribution >= 0.6 is 11.3 Å². The normalized spacial score (nSPS) is 24.0. The van der Waals surface area contributed by atoms with Crippen LogP contribution < -0.4 is 21.5 Å². The van der Waals surface area contributed by atoms with Gasteiger partial charge in [-0.3, -0.25) is 4.90 Å². The second kappa shape index (κ2) is 13.1. The molecule has 1 spiro atoms. The van der Waals surface area contributed by atoms with Crippen LogP contribution in [0.2, 0.25) is 0 Å². The molecule has 3 aromatic heterocycles. The number of hydrogen-bond donors (Lipinski definition) is 4. The smallest absolute Gasteiger partial charge is 0.420 e. The minimum Gasteiger partial charge on any atom is -0.506 e. The number of nitrogens with one attached hydrogen (secondary N) is 1. The van der Waals surface area contributed by atoms with Gasteiger partial charge in [0.25, 0.3) is 5.92 Å². The number of nitriles is 1. The molecule has 9 rings (SSSR count). The van der Waals surface area contributed by atoms with Crippen LogP contribution in [0, 0.1) is 34.3 Å². The summed E-state index contributed by atoms with van der Waals surface area (Å²) in [7, 11) is 0. The molecule has 6 N–H and O–H groups in total. The molecule has 10 nitrogen and oxygen atoms in total. The number of alkyl halides is 7. The number of phenols is 1. The lowest BCUT2D eigenvalue weighted by Crippen LogP contribution is -2.43. The Kier molecular flexibility index (Phi) is 8.70. The molecule has 2 aliphatic carbocycles. The van der Waals surface area contributed by atoms with E-state index in [4.69, 9.17) is 16.2 Å². The molecule has 3 atom stereocenters. The van der Waals surface area contributed by atoms with Gasteiger partial charge in [0, 0.05) is 48.5 Å². The van der Waals surface area contributed by atoms with Gasteiger partial charge in [-0.2, -0.15) is 28.4 Å². The van der Waals surface area contributed by atoms with Gasteiger partial charge in [0.15, 0.2) is 5.82 Å². The molecule has 0 radical (unpaired) electrons. The van der Waals surface area contributed by atoms with E-state index >= 15 is 22.0 Å². The van der Waals surface area contributed by atoms with Gasteiger partial charge in [0.1, 0.15) is 52.0 Å². The van der Waals surface area contributed by atoms with Crippen molar-refractivity contribution >= 4 is 49.0 Å². The molecule has 5 heterocycles. The quantitative estimate of drug-likeness (QED) is 0.105. The number of benzene rings is 2. The summed E-state index contributed by atoms with van der Waals surface area (Å²) in [6, 6.07) is 4.64. The number of pyridine rings is 1. The number of nitrogens with two attached hydrogens (primary N) is 2. The summed E-state index contributed by atoms with van der Waals surface area (Å²) in [5, 5.41) is 23.0.